The van der Waals surface area contributed by atoms with Crippen LogP contribution in [0.2, 0.25) is 0 Å². The van der Waals surface area contributed by atoms with Crippen molar-refractivity contribution in [2.45, 2.75) is 32.1 Å². The van der Waals surface area contributed by atoms with E-state index in [1.54, 1.807) is 0 Å². The molecule has 20 heavy (non-hydrogen) atoms. The minimum atomic E-state index is -0.0621. The maximum atomic E-state index is 12.0. The van der Waals surface area contributed by atoms with E-state index in [0.717, 1.165) is 24.0 Å². The number of carbonyl (C=O) groups is 1. The number of amides is 1. The van der Waals surface area contributed by atoms with Crippen LogP contribution < -0.4 is 10.6 Å². The third-order valence-electron chi connectivity index (χ3n) is 3.97. The minimum absolute atomic E-state index is 0.0621. The zero-order valence-electron chi connectivity index (χ0n) is 12.2. The van der Waals surface area contributed by atoms with Crippen LogP contribution >= 0.6 is 15.9 Å². The molecule has 0 radical (unpaired) electrons. The molecule has 0 bridgehead atoms. The molecule has 1 saturated heterocycles. The lowest BCUT2D eigenvalue weighted by molar-refractivity contribution is -0.122. The fourth-order valence-corrected chi connectivity index (χ4v) is 2.95. The van der Waals surface area contributed by atoms with E-state index in [2.05, 4.69) is 52.5 Å². The molecular formula is C16H23BrN2O. The van der Waals surface area contributed by atoms with Crippen LogP contribution in [0.15, 0.2) is 28.7 Å². The molecule has 1 aliphatic heterocycles. The first-order valence-electron chi connectivity index (χ1n) is 7.21. The summed E-state index contributed by atoms with van der Waals surface area (Å²) in [6, 6.07) is 8.28. The fraction of sp³-hybridized carbons (Fsp3) is 0.562. The Morgan fingerprint density at radius 3 is 2.95 bits per heavy atom. The van der Waals surface area contributed by atoms with E-state index < -0.39 is 0 Å². The molecule has 0 aliphatic carbocycles. The molecule has 3 nitrogen and oxygen atoms in total. The predicted octanol–water partition coefficient (Wildman–Crippen LogP) is 2.84. The van der Waals surface area contributed by atoms with Gasteiger partial charge in [-0.3, -0.25) is 4.79 Å². The Morgan fingerprint density at radius 1 is 1.50 bits per heavy atom. The highest BCUT2D eigenvalue weighted by atomic mass is 79.9. The van der Waals surface area contributed by atoms with Crippen LogP contribution in [0.25, 0.3) is 0 Å². The van der Waals surface area contributed by atoms with Crippen LogP contribution in [-0.2, 0) is 10.2 Å². The first-order chi connectivity index (χ1) is 9.47. The highest BCUT2D eigenvalue weighted by Crippen LogP contribution is 2.25. The molecule has 1 aliphatic rings. The van der Waals surface area contributed by atoms with Gasteiger partial charge in [-0.2, -0.15) is 0 Å². The molecule has 1 unspecified atom stereocenters. The monoisotopic (exact) mass is 338 g/mol. The quantitative estimate of drug-likeness (QED) is 0.866. The van der Waals surface area contributed by atoms with E-state index in [4.69, 9.17) is 0 Å². The van der Waals surface area contributed by atoms with Gasteiger partial charge in [0.05, 0.1) is 0 Å². The van der Waals surface area contributed by atoms with Gasteiger partial charge in [-0.15, -0.1) is 0 Å². The summed E-state index contributed by atoms with van der Waals surface area (Å²) in [4.78, 5) is 12.0. The summed E-state index contributed by atoms with van der Waals surface area (Å²) in [6.07, 6.45) is 1.75. The second-order valence-electron chi connectivity index (χ2n) is 6.23. The summed E-state index contributed by atoms with van der Waals surface area (Å²) in [6.45, 7) is 7.00. The van der Waals surface area contributed by atoms with Crippen LogP contribution in [0.4, 0.5) is 0 Å². The summed E-state index contributed by atoms with van der Waals surface area (Å²) >= 11 is 3.50. The van der Waals surface area contributed by atoms with Gasteiger partial charge >= 0.3 is 0 Å². The SMILES string of the molecule is CC(C)(CNC(=O)CC1CCNC1)c1cccc(Br)c1. The van der Waals surface area contributed by atoms with Gasteiger partial charge < -0.3 is 10.6 Å². The summed E-state index contributed by atoms with van der Waals surface area (Å²) in [5.74, 6) is 0.672. The van der Waals surface area contributed by atoms with Crippen molar-refractivity contribution in [2.24, 2.45) is 5.92 Å². The second kappa shape index (κ2) is 6.72. The van der Waals surface area contributed by atoms with Crippen molar-refractivity contribution in [1.29, 1.82) is 0 Å². The number of hydrogen-bond acceptors (Lipinski definition) is 2. The number of halogens is 1. The zero-order valence-corrected chi connectivity index (χ0v) is 13.8. The molecular weight excluding hydrogens is 316 g/mol. The summed E-state index contributed by atoms with van der Waals surface area (Å²) < 4.78 is 1.08. The Morgan fingerprint density at radius 2 is 2.30 bits per heavy atom. The molecule has 1 fully saturated rings. The molecule has 1 aromatic rings. The summed E-state index contributed by atoms with van der Waals surface area (Å²) in [5, 5.41) is 6.38. The van der Waals surface area contributed by atoms with Crippen LogP contribution in [0.5, 0.6) is 0 Å². The van der Waals surface area contributed by atoms with Crippen LogP contribution in [0.1, 0.15) is 32.3 Å². The van der Waals surface area contributed by atoms with Crippen molar-refractivity contribution in [3.05, 3.63) is 34.3 Å². The Hall–Kier alpha value is -0.870. The molecule has 4 heteroatoms. The van der Waals surface area contributed by atoms with Gasteiger partial charge in [0.15, 0.2) is 0 Å². The standard InChI is InChI=1S/C16H23BrN2O/c1-16(2,13-4-3-5-14(17)9-13)11-19-15(20)8-12-6-7-18-10-12/h3-5,9,12,18H,6-8,10-11H2,1-2H3,(H,19,20). The third-order valence-corrected chi connectivity index (χ3v) is 4.46. The number of carbonyl (C=O) groups excluding carboxylic acids is 1. The van der Waals surface area contributed by atoms with Crippen molar-refractivity contribution in [3.63, 3.8) is 0 Å². The summed E-state index contributed by atoms with van der Waals surface area (Å²) in [7, 11) is 0. The fourth-order valence-electron chi connectivity index (χ4n) is 2.55. The normalized spacial score (nSPS) is 19.1. The van der Waals surface area contributed by atoms with Gasteiger partial charge in [0.2, 0.25) is 5.91 Å². The Balaban J connectivity index is 1.86. The number of hydrogen-bond donors (Lipinski definition) is 2. The number of nitrogens with one attached hydrogen (secondary N) is 2. The van der Waals surface area contributed by atoms with Gasteiger partial charge in [-0.1, -0.05) is 41.9 Å². The van der Waals surface area contributed by atoms with E-state index in [1.165, 1.54) is 5.56 Å². The molecule has 2 N–H and O–H groups in total. The molecule has 0 spiro atoms. The van der Waals surface area contributed by atoms with Crippen LogP contribution in [0.3, 0.4) is 0 Å². The largest absolute Gasteiger partial charge is 0.355 e. The lowest BCUT2D eigenvalue weighted by Gasteiger charge is -2.26. The Kier molecular flexibility index (Phi) is 5.22. The first kappa shape index (κ1) is 15.5. The van der Waals surface area contributed by atoms with E-state index >= 15 is 0 Å². The van der Waals surface area contributed by atoms with Gasteiger partial charge in [-0.25, -0.2) is 0 Å². The molecule has 0 aromatic heterocycles. The first-order valence-corrected chi connectivity index (χ1v) is 8.00. The van der Waals surface area contributed by atoms with Crippen molar-refractivity contribution < 1.29 is 4.79 Å². The van der Waals surface area contributed by atoms with E-state index in [-0.39, 0.29) is 11.3 Å². The van der Waals surface area contributed by atoms with Gasteiger partial charge in [0, 0.05) is 22.9 Å². The van der Waals surface area contributed by atoms with Gasteiger partial charge in [0.1, 0.15) is 0 Å². The molecule has 1 amide bonds. The van der Waals surface area contributed by atoms with Crippen molar-refractivity contribution >= 4 is 21.8 Å². The van der Waals surface area contributed by atoms with E-state index in [1.807, 2.05) is 12.1 Å². The second-order valence-corrected chi connectivity index (χ2v) is 7.15. The molecule has 110 valence electrons. The molecule has 0 saturated carbocycles. The van der Waals surface area contributed by atoms with E-state index in [9.17, 15) is 4.79 Å². The number of benzene rings is 1. The van der Waals surface area contributed by atoms with Crippen molar-refractivity contribution in [2.75, 3.05) is 19.6 Å². The average Bonchev–Trinajstić information content (AvgIpc) is 2.89. The van der Waals surface area contributed by atoms with Crippen molar-refractivity contribution in [3.8, 4) is 0 Å². The lowest BCUT2D eigenvalue weighted by atomic mass is 9.84. The maximum absolute atomic E-state index is 12.0. The minimum Gasteiger partial charge on any atom is -0.355 e. The van der Waals surface area contributed by atoms with Gasteiger partial charge in [0.25, 0.3) is 0 Å². The smallest absolute Gasteiger partial charge is 0.220 e. The average molecular weight is 339 g/mol. The topological polar surface area (TPSA) is 41.1 Å². The van der Waals surface area contributed by atoms with E-state index in [0.29, 0.717) is 18.9 Å². The highest BCUT2D eigenvalue weighted by molar-refractivity contribution is 9.10. The molecule has 1 atom stereocenters. The lowest BCUT2D eigenvalue weighted by Crippen LogP contribution is -2.37. The van der Waals surface area contributed by atoms with Gasteiger partial charge in [-0.05, 0) is 43.1 Å². The Labute approximate surface area is 129 Å². The zero-order chi connectivity index (χ0) is 14.6. The highest BCUT2D eigenvalue weighted by Gasteiger charge is 2.23. The van der Waals surface area contributed by atoms with Crippen LogP contribution in [-0.4, -0.2) is 25.5 Å². The third kappa shape index (κ3) is 4.32. The molecule has 1 aromatic carbocycles. The molecule has 2 rings (SSSR count). The predicted molar refractivity (Wildman–Crippen MR) is 85.8 cm³/mol. The van der Waals surface area contributed by atoms with Crippen molar-refractivity contribution in [1.82, 2.24) is 10.6 Å². The Bertz CT molecular complexity index is 467. The number of rotatable bonds is 5. The summed E-state index contributed by atoms with van der Waals surface area (Å²) in [5.41, 5.74) is 1.17. The van der Waals surface area contributed by atoms with Crippen LogP contribution in [0, 0.1) is 5.92 Å². The molecule has 1 heterocycles. The maximum Gasteiger partial charge on any atom is 0.220 e.